The van der Waals surface area contributed by atoms with E-state index in [9.17, 15) is 17.6 Å². The zero-order valence-electron chi connectivity index (χ0n) is 10.3. The van der Waals surface area contributed by atoms with Crippen LogP contribution in [0.25, 0.3) is 0 Å². The van der Waals surface area contributed by atoms with Crippen LogP contribution in [-0.4, -0.2) is 5.92 Å². The third-order valence-electron chi connectivity index (χ3n) is 3.66. The van der Waals surface area contributed by atoms with E-state index >= 15 is 0 Å². The summed E-state index contributed by atoms with van der Waals surface area (Å²) in [4.78, 5) is 0. The van der Waals surface area contributed by atoms with Crippen LogP contribution < -0.4 is 11.3 Å². The number of benzene rings is 1. The van der Waals surface area contributed by atoms with Crippen LogP contribution in [0.15, 0.2) is 18.2 Å². The average molecular weight is 276 g/mol. The minimum absolute atomic E-state index is 0.147. The topological polar surface area (TPSA) is 38.0 Å². The van der Waals surface area contributed by atoms with Crippen LogP contribution in [0.1, 0.15) is 37.3 Å². The second-order valence-corrected chi connectivity index (χ2v) is 5.04. The van der Waals surface area contributed by atoms with Gasteiger partial charge in [0.05, 0.1) is 0 Å². The summed E-state index contributed by atoms with van der Waals surface area (Å²) in [6.07, 6.45) is 0.126. The molecule has 1 aromatic carbocycles. The van der Waals surface area contributed by atoms with Crippen LogP contribution >= 0.6 is 0 Å². The Bertz CT molecular complexity index is 420. The summed E-state index contributed by atoms with van der Waals surface area (Å²) in [5.74, 6) is 1.24. The van der Waals surface area contributed by atoms with E-state index in [1.54, 1.807) is 0 Å². The van der Waals surface area contributed by atoms with Crippen LogP contribution in [0, 0.1) is 17.6 Å². The van der Waals surface area contributed by atoms with Crippen molar-refractivity contribution in [2.75, 3.05) is 0 Å². The van der Waals surface area contributed by atoms with Crippen molar-refractivity contribution in [3.8, 4) is 0 Å². The van der Waals surface area contributed by atoms with E-state index in [-0.39, 0.29) is 31.6 Å². The summed E-state index contributed by atoms with van der Waals surface area (Å²) < 4.78 is 52.6. The molecule has 0 amide bonds. The second-order valence-electron chi connectivity index (χ2n) is 5.04. The quantitative estimate of drug-likeness (QED) is 0.505. The number of nitrogens with one attached hydrogen (secondary N) is 1. The van der Waals surface area contributed by atoms with E-state index in [1.165, 1.54) is 12.1 Å². The van der Waals surface area contributed by atoms with E-state index in [4.69, 9.17) is 5.84 Å². The number of alkyl halides is 2. The lowest BCUT2D eigenvalue weighted by molar-refractivity contribution is -0.0498. The van der Waals surface area contributed by atoms with Gasteiger partial charge in [0.25, 0.3) is 0 Å². The van der Waals surface area contributed by atoms with Crippen molar-refractivity contribution in [2.24, 2.45) is 11.8 Å². The Morgan fingerprint density at radius 2 is 1.63 bits per heavy atom. The van der Waals surface area contributed by atoms with Gasteiger partial charge in [-0.25, -0.2) is 17.6 Å². The Hall–Kier alpha value is -1.14. The Morgan fingerprint density at radius 3 is 2.11 bits per heavy atom. The summed E-state index contributed by atoms with van der Waals surface area (Å²) in [5.41, 5.74) is 2.85. The van der Waals surface area contributed by atoms with Gasteiger partial charge >= 0.3 is 0 Å². The normalized spacial score (nSPS) is 21.3. The molecule has 0 heterocycles. The van der Waals surface area contributed by atoms with Gasteiger partial charge in [-0.2, -0.15) is 0 Å². The van der Waals surface area contributed by atoms with Gasteiger partial charge in [0.15, 0.2) is 0 Å². The molecule has 0 spiro atoms. The van der Waals surface area contributed by atoms with Crippen molar-refractivity contribution < 1.29 is 17.6 Å². The monoisotopic (exact) mass is 276 g/mol. The highest BCUT2D eigenvalue weighted by Gasteiger charge is 2.37. The molecule has 0 radical (unpaired) electrons. The van der Waals surface area contributed by atoms with Crippen molar-refractivity contribution >= 4 is 0 Å². The van der Waals surface area contributed by atoms with Gasteiger partial charge in [-0.1, -0.05) is 0 Å². The minimum atomic E-state index is -2.64. The Balaban J connectivity index is 2.16. The van der Waals surface area contributed by atoms with Gasteiger partial charge in [0, 0.05) is 24.9 Å². The first-order valence-electron chi connectivity index (χ1n) is 6.21. The molecule has 19 heavy (non-hydrogen) atoms. The van der Waals surface area contributed by atoms with Gasteiger partial charge in [-0.3, -0.25) is 11.3 Å². The average Bonchev–Trinajstić information content (AvgIpc) is 2.31. The first-order valence-corrected chi connectivity index (χ1v) is 6.21. The second kappa shape index (κ2) is 5.46. The molecule has 1 fully saturated rings. The molecule has 1 aliphatic rings. The highest BCUT2D eigenvalue weighted by molar-refractivity contribution is 5.22. The summed E-state index contributed by atoms with van der Waals surface area (Å²) in [6.45, 7) is 0. The van der Waals surface area contributed by atoms with Crippen molar-refractivity contribution in [3.05, 3.63) is 35.4 Å². The van der Waals surface area contributed by atoms with Crippen molar-refractivity contribution in [1.82, 2.24) is 5.43 Å². The molecular formula is C13H16F4N2. The summed E-state index contributed by atoms with van der Waals surface area (Å²) in [6, 6.07) is 2.62. The number of nitrogens with two attached hydrogens (primary N) is 1. The zero-order chi connectivity index (χ0) is 14.0. The summed E-state index contributed by atoms with van der Waals surface area (Å²) >= 11 is 0. The van der Waals surface area contributed by atoms with Crippen LogP contribution in [0.5, 0.6) is 0 Å². The van der Waals surface area contributed by atoms with E-state index in [0.717, 1.165) is 6.07 Å². The molecule has 0 bridgehead atoms. The number of hydrazine groups is 1. The lowest BCUT2D eigenvalue weighted by atomic mass is 9.80. The molecule has 6 heteroatoms. The van der Waals surface area contributed by atoms with Gasteiger partial charge in [-0.15, -0.1) is 0 Å². The van der Waals surface area contributed by atoms with Crippen LogP contribution in [0.4, 0.5) is 17.6 Å². The van der Waals surface area contributed by atoms with Crippen LogP contribution in [-0.2, 0) is 0 Å². The van der Waals surface area contributed by atoms with E-state index in [1.807, 2.05) is 0 Å². The highest BCUT2D eigenvalue weighted by Crippen LogP contribution is 2.41. The minimum Gasteiger partial charge on any atom is -0.271 e. The zero-order valence-corrected chi connectivity index (χ0v) is 10.3. The standard InChI is InChI=1S/C13H16F4N2/c14-10-5-9(6-11(15)7-10)12(19-18)8-1-3-13(16,17)4-2-8/h5-8,12,19H,1-4,18H2. The molecule has 1 atom stereocenters. The molecule has 1 aliphatic carbocycles. The summed E-state index contributed by atoms with van der Waals surface area (Å²) in [5, 5.41) is 0. The largest absolute Gasteiger partial charge is 0.271 e. The third kappa shape index (κ3) is 3.45. The van der Waals surface area contributed by atoms with Gasteiger partial charge in [0.1, 0.15) is 11.6 Å². The van der Waals surface area contributed by atoms with Gasteiger partial charge in [0.2, 0.25) is 5.92 Å². The molecule has 3 N–H and O–H groups in total. The maximum absolute atomic E-state index is 13.2. The fraction of sp³-hybridized carbons (Fsp3) is 0.538. The first-order chi connectivity index (χ1) is 8.91. The number of rotatable bonds is 3. The molecule has 1 unspecified atom stereocenters. The third-order valence-corrected chi connectivity index (χ3v) is 3.66. The lowest BCUT2D eigenvalue weighted by Gasteiger charge is -2.33. The predicted octanol–water partition coefficient (Wildman–Crippen LogP) is 3.29. The first kappa shape index (κ1) is 14.3. The van der Waals surface area contributed by atoms with E-state index in [2.05, 4.69) is 5.43 Å². The smallest absolute Gasteiger partial charge is 0.248 e. The maximum atomic E-state index is 13.2. The SMILES string of the molecule is NNC(c1cc(F)cc(F)c1)C1CCC(F)(F)CC1. The molecule has 1 aromatic rings. The highest BCUT2D eigenvalue weighted by atomic mass is 19.3. The van der Waals surface area contributed by atoms with Crippen molar-refractivity contribution in [3.63, 3.8) is 0 Å². The maximum Gasteiger partial charge on any atom is 0.248 e. The molecule has 2 nitrogen and oxygen atoms in total. The lowest BCUT2D eigenvalue weighted by Crippen LogP contribution is -2.37. The Morgan fingerprint density at radius 1 is 1.11 bits per heavy atom. The molecule has 1 saturated carbocycles. The molecule has 0 aromatic heterocycles. The Kier molecular flexibility index (Phi) is 4.10. The number of halogens is 4. The van der Waals surface area contributed by atoms with E-state index < -0.39 is 23.6 Å². The molecule has 2 rings (SSSR count). The van der Waals surface area contributed by atoms with Crippen LogP contribution in [0.3, 0.4) is 0 Å². The number of hydrogen-bond acceptors (Lipinski definition) is 2. The molecule has 106 valence electrons. The van der Waals surface area contributed by atoms with Crippen molar-refractivity contribution in [2.45, 2.75) is 37.6 Å². The van der Waals surface area contributed by atoms with Crippen molar-refractivity contribution in [1.29, 1.82) is 0 Å². The van der Waals surface area contributed by atoms with Crippen LogP contribution in [0.2, 0.25) is 0 Å². The van der Waals surface area contributed by atoms with E-state index in [0.29, 0.717) is 5.56 Å². The molecular weight excluding hydrogens is 260 g/mol. The fourth-order valence-corrected chi connectivity index (χ4v) is 2.65. The fourth-order valence-electron chi connectivity index (χ4n) is 2.65. The van der Waals surface area contributed by atoms with Gasteiger partial charge < -0.3 is 0 Å². The number of hydrogen-bond donors (Lipinski definition) is 2. The predicted molar refractivity (Wildman–Crippen MR) is 63.3 cm³/mol. The molecule has 0 saturated heterocycles. The molecule has 0 aliphatic heterocycles. The Labute approximate surface area is 109 Å². The summed E-state index contributed by atoms with van der Waals surface area (Å²) in [7, 11) is 0. The van der Waals surface area contributed by atoms with Gasteiger partial charge in [-0.05, 0) is 36.5 Å².